The van der Waals surface area contributed by atoms with Crippen LogP contribution in [0.15, 0.2) is 54.6 Å². The summed E-state index contributed by atoms with van der Waals surface area (Å²) >= 11 is 0. The van der Waals surface area contributed by atoms with Gasteiger partial charge in [-0.25, -0.2) is 4.79 Å². The number of rotatable bonds is 4. The molecule has 0 aliphatic rings. The van der Waals surface area contributed by atoms with E-state index in [1.54, 1.807) is 39.0 Å². The molecule has 0 saturated carbocycles. The van der Waals surface area contributed by atoms with Gasteiger partial charge in [0.05, 0.1) is 0 Å². The van der Waals surface area contributed by atoms with Crippen molar-refractivity contribution < 1.29 is 14.3 Å². The normalized spacial score (nSPS) is 12.2. The van der Waals surface area contributed by atoms with Crippen LogP contribution in [0.1, 0.15) is 37.9 Å². The lowest BCUT2D eigenvalue weighted by Gasteiger charge is -2.23. The second kappa shape index (κ2) is 7.83. The van der Waals surface area contributed by atoms with Gasteiger partial charge in [-0.3, -0.25) is 4.79 Å². The van der Waals surface area contributed by atoms with Crippen LogP contribution in [-0.4, -0.2) is 17.6 Å². The summed E-state index contributed by atoms with van der Waals surface area (Å²) in [6, 6.07) is 15.7. The maximum Gasteiger partial charge on any atom is 0.408 e. The quantitative estimate of drug-likeness (QED) is 0.876. The summed E-state index contributed by atoms with van der Waals surface area (Å²) in [5.41, 5.74) is 1.75. The van der Waals surface area contributed by atoms with Gasteiger partial charge in [0.15, 0.2) is 0 Å². The molecule has 0 fully saturated rings. The molecule has 25 heavy (non-hydrogen) atoms. The van der Waals surface area contributed by atoms with Gasteiger partial charge >= 0.3 is 6.09 Å². The molecule has 0 unspecified atom stereocenters. The molecular weight excluding hydrogens is 316 g/mol. The molecule has 0 saturated heterocycles. The van der Waals surface area contributed by atoms with Gasteiger partial charge in [-0.1, -0.05) is 42.5 Å². The first-order valence-corrected chi connectivity index (χ1v) is 8.16. The van der Waals surface area contributed by atoms with Gasteiger partial charge in [-0.2, -0.15) is 0 Å². The molecule has 2 aromatic carbocycles. The fourth-order valence-electron chi connectivity index (χ4n) is 2.31. The molecule has 5 heteroatoms. The van der Waals surface area contributed by atoms with Crippen LogP contribution in [0.5, 0.6) is 0 Å². The van der Waals surface area contributed by atoms with Crippen molar-refractivity contribution in [3.8, 4) is 0 Å². The van der Waals surface area contributed by atoms with E-state index in [4.69, 9.17) is 4.74 Å². The van der Waals surface area contributed by atoms with Crippen LogP contribution in [-0.2, 0) is 9.53 Å². The van der Waals surface area contributed by atoms with Gasteiger partial charge < -0.3 is 15.4 Å². The van der Waals surface area contributed by atoms with Crippen LogP contribution in [0, 0.1) is 6.92 Å². The third-order valence-electron chi connectivity index (χ3n) is 3.34. The Morgan fingerprint density at radius 3 is 2.28 bits per heavy atom. The van der Waals surface area contributed by atoms with Gasteiger partial charge in [-0.15, -0.1) is 0 Å². The molecule has 0 aliphatic heterocycles. The fraction of sp³-hybridized carbons (Fsp3) is 0.300. The second-order valence-corrected chi connectivity index (χ2v) is 6.85. The average molecular weight is 340 g/mol. The zero-order valence-corrected chi connectivity index (χ0v) is 15.0. The van der Waals surface area contributed by atoms with Crippen molar-refractivity contribution in [2.24, 2.45) is 0 Å². The predicted octanol–water partition coefficient (Wildman–Crippen LogP) is 4.20. The van der Waals surface area contributed by atoms with Crippen LogP contribution in [0.4, 0.5) is 10.5 Å². The molecular formula is C20H24N2O3. The van der Waals surface area contributed by atoms with Gasteiger partial charge in [0.2, 0.25) is 0 Å². The minimum atomic E-state index is -0.850. The van der Waals surface area contributed by atoms with Crippen LogP contribution in [0.25, 0.3) is 0 Å². The molecule has 0 spiro atoms. The number of hydrogen-bond acceptors (Lipinski definition) is 3. The van der Waals surface area contributed by atoms with E-state index in [9.17, 15) is 9.59 Å². The van der Waals surface area contributed by atoms with Crippen molar-refractivity contribution >= 4 is 17.7 Å². The minimum absolute atomic E-state index is 0.331. The first-order chi connectivity index (χ1) is 11.7. The van der Waals surface area contributed by atoms with Crippen molar-refractivity contribution in [3.05, 3.63) is 65.7 Å². The molecule has 2 rings (SSSR count). The Balaban J connectivity index is 2.19. The van der Waals surface area contributed by atoms with E-state index in [-0.39, 0.29) is 5.91 Å². The summed E-state index contributed by atoms with van der Waals surface area (Å²) in [7, 11) is 0. The van der Waals surface area contributed by atoms with Crippen LogP contribution < -0.4 is 10.6 Å². The van der Waals surface area contributed by atoms with Crippen LogP contribution in [0.2, 0.25) is 0 Å². The number of amides is 2. The Kier molecular flexibility index (Phi) is 5.80. The number of alkyl carbamates (subject to hydrolysis) is 1. The van der Waals surface area contributed by atoms with E-state index < -0.39 is 17.7 Å². The van der Waals surface area contributed by atoms with Crippen molar-refractivity contribution in [3.63, 3.8) is 0 Å². The zero-order valence-electron chi connectivity index (χ0n) is 15.0. The van der Waals surface area contributed by atoms with Gasteiger partial charge in [-0.05, 0) is 51.0 Å². The number of carbonyl (C=O) groups excluding carboxylic acids is 2. The van der Waals surface area contributed by atoms with E-state index in [1.165, 1.54) is 0 Å². The molecule has 1 atom stereocenters. The lowest BCUT2D eigenvalue weighted by molar-refractivity contribution is -0.118. The highest BCUT2D eigenvalue weighted by Crippen LogP contribution is 2.18. The number of anilines is 1. The third kappa shape index (κ3) is 5.95. The van der Waals surface area contributed by atoms with Crippen molar-refractivity contribution in [2.45, 2.75) is 39.3 Å². The molecule has 2 N–H and O–H groups in total. The second-order valence-electron chi connectivity index (χ2n) is 6.85. The van der Waals surface area contributed by atoms with Gasteiger partial charge in [0, 0.05) is 5.69 Å². The number of nitrogens with one attached hydrogen (secondary N) is 2. The molecule has 5 nitrogen and oxygen atoms in total. The lowest BCUT2D eigenvalue weighted by Crippen LogP contribution is -2.40. The first-order valence-electron chi connectivity index (χ1n) is 8.16. The number of ether oxygens (including phenoxy) is 1. The highest BCUT2D eigenvalue weighted by molar-refractivity contribution is 5.97. The van der Waals surface area contributed by atoms with E-state index in [1.807, 2.05) is 43.3 Å². The summed E-state index contributed by atoms with van der Waals surface area (Å²) < 4.78 is 5.28. The SMILES string of the molecule is Cc1cccc(NC(=O)[C@@H](NC(=O)OC(C)(C)C)c2ccccc2)c1. The van der Waals surface area contributed by atoms with Gasteiger partial charge in [0.1, 0.15) is 11.6 Å². The zero-order chi connectivity index (χ0) is 18.4. The van der Waals surface area contributed by atoms with Gasteiger partial charge in [0.25, 0.3) is 5.91 Å². The van der Waals surface area contributed by atoms with E-state index in [0.29, 0.717) is 11.3 Å². The maximum atomic E-state index is 12.7. The molecule has 0 heterocycles. The Bertz CT molecular complexity index is 736. The predicted molar refractivity (Wildman–Crippen MR) is 98.4 cm³/mol. The third-order valence-corrected chi connectivity index (χ3v) is 3.34. The fourth-order valence-corrected chi connectivity index (χ4v) is 2.31. The summed E-state index contributed by atoms with van der Waals surface area (Å²) in [5.74, 6) is -0.331. The maximum absolute atomic E-state index is 12.7. The highest BCUT2D eigenvalue weighted by atomic mass is 16.6. The Hall–Kier alpha value is -2.82. The number of benzene rings is 2. The van der Waals surface area contributed by atoms with E-state index in [0.717, 1.165) is 5.56 Å². The summed E-state index contributed by atoms with van der Waals surface area (Å²) in [4.78, 5) is 24.9. The monoisotopic (exact) mass is 340 g/mol. The molecule has 0 radical (unpaired) electrons. The van der Waals surface area contributed by atoms with E-state index in [2.05, 4.69) is 10.6 Å². The topological polar surface area (TPSA) is 67.4 Å². The molecule has 0 aromatic heterocycles. The summed E-state index contributed by atoms with van der Waals surface area (Å²) in [5, 5.41) is 5.49. The molecule has 2 amide bonds. The first kappa shape index (κ1) is 18.5. The Morgan fingerprint density at radius 2 is 1.68 bits per heavy atom. The molecule has 132 valence electrons. The van der Waals surface area contributed by atoms with Crippen molar-refractivity contribution in [2.75, 3.05) is 5.32 Å². The number of hydrogen-bond donors (Lipinski definition) is 2. The van der Waals surface area contributed by atoms with Crippen LogP contribution in [0.3, 0.4) is 0 Å². The summed E-state index contributed by atoms with van der Waals surface area (Å²) in [6.45, 7) is 7.27. The summed E-state index contributed by atoms with van der Waals surface area (Å²) in [6.07, 6.45) is -0.638. The number of carbonyl (C=O) groups is 2. The van der Waals surface area contributed by atoms with Crippen molar-refractivity contribution in [1.82, 2.24) is 5.32 Å². The highest BCUT2D eigenvalue weighted by Gasteiger charge is 2.25. The molecule has 2 aromatic rings. The largest absolute Gasteiger partial charge is 0.444 e. The lowest BCUT2D eigenvalue weighted by atomic mass is 10.1. The standard InChI is InChI=1S/C20H24N2O3/c1-14-9-8-12-16(13-14)21-18(23)17(15-10-6-5-7-11-15)22-19(24)25-20(2,3)4/h5-13,17H,1-4H3,(H,21,23)(H,22,24)/t17-/m0/s1. The molecule has 0 bridgehead atoms. The number of aryl methyl sites for hydroxylation is 1. The average Bonchev–Trinajstić information content (AvgIpc) is 2.51. The molecule has 0 aliphatic carbocycles. The van der Waals surface area contributed by atoms with Crippen molar-refractivity contribution in [1.29, 1.82) is 0 Å². The minimum Gasteiger partial charge on any atom is -0.444 e. The van der Waals surface area contributed by atoms with E-state index >= 15 is 0 Å². The Labute approximate surface area is 148 Å². The van der Waals surface area contributed by atoms with Crippen LogP contribution >= 0.6 is 0 Å². The smallest absolute Gasteiger partial charge is 0.408 e. The Morgan fingerprint density at radius 1 is 1.00 bits per heavy atom.